The molecule has 2 fully saturated rings. The van der Waals surface area contributed by atoms with Gasteiger partial charge in [-0.3, -0.25) is 4.79 Å². The molecule has 0 atom stereocenters. The summed E-state index contributed by atoms with van der Waals surface area (Å²) >= 11 is 1.66. The lowest BCUT2D eigenvalue weighted by Crippen LogP contribution is -2.42. The lowest BCUT2D eigenvalue weighted by molar-refractivity contribution is -0.120. The summed E-state index contributed by atoms with van der Waals surface area (Å²) in [6.07, 6.45) is 8.68. The Morgan fingerprint density at radius 3 is 2.67 bits per heavy atom. The van der Waals surface area contributed by atoms with Gasteiger partial charge in [0.15, 0.2) is 0 Å². The first kappa shape index (κ1) is 15.0. The van der Waals surface area contributed by atoms with Crippen molar-refractivity contribution in [2.24, 2.45) is 5.92 Å². The predicted octanol–water partition coefficient (Wildman–Crippen LogP) is 3.06. The van der Waals surface area contributed by atoms with E-state index in [0.29, 0.717) is 12.3 Å². The number of likely N-dealkylation sites (tertiary alicyclic amines) is 1. The second kappa shape index (κ2) is 7.41. The summed E-state index contributed by atoms with van der Waals surface area (Å²) in [4.78, 5) is 15.8. The van der Waals surface area contributed by atoms with Gasteiger partial charge in [0, 0.05) is 17.5 Å². The zero-order chi connectivity index (χ0) is 14.5. The van der Waals surface area contributed by atoms with E-state index in [1.54, 1.807) is 11.3 Å². The maximum Gasteiger partial charge on any atom is 0.225 e. The van der Waals surface area contributed by atoms with E-state index >= 15 is 0 Å². The van der Waals surface area contributed by atoms with Gasteiger partial charge < -0.3 is 10.2 Å². The second-order valence-corrected chi connectivity index (χ2v) is 7.51. The fourth-order valence-electron chi connectivity index (χ4n) is 3.68. The number of rotatable bonds is 5. The number of nitrogens with zero attached hydrogens (tertiary/aromatic N) is 1. The van der Waals surface area contributed by atoms with Gasteiger partial charge in [0.05, 0.1) is 6.42 Å². The Morgan fingerprint density at radius 2 is 2.00 bits per heavy atom. The van der Waals surface area contributed by atoms with Crippen LogP contribution >= 0.6 is 11.3 Å². The van der Waals surface area contributed by atoms with Gasteiger partial charge in [-0.1, -0.05) is 18.9 Å². The molecule has 21 heavy (non-hydrogen) atoms. The summed E-state index contributed by atoms with van der Waals surface area (Å²) in [6, 6.07) is 4.90. The summed E-state index contributed by atoms with van der Waals surface area (Å²) in [5.41, 5.74) is 0. The number of piperidine rings is 1. The molecule has 1 saturated heterocycles. The van der Waals surface area contributed by atoms with Crippen LogP contribution in [0.3, 0.4) is 0 Å². The molecule has 2 aliphatic rings. The molecule has 116 valence electrons. The van der Waals surface area contributed by atoms with Gasteiger partial charge >= 0.3 is 0 Å². The van der Waals surface area contributed by atoms with Crippen LogP contribution < -0.4 is 5.32 Å². The third-order valence-electron chi connectivity index (χ3n) is 4.99. The summed E-state index contributed by atoms with van der Waals surface area (Å²) in [7, 11) is 0. The van der Waals surface area contributed by atoms with E-state index in [1.165, 1.54) is 51.6 Å². The molecule has 0 bridgehead atoms. The predicted molar refractivity (Wildman–Crippen MR) is 87.6 cm³/mol. The van der Waals surface area contributed by atoms with Crippen molar-refractivity contribution in [2.75, 3.05) is 19.6 Å². The highest BCUT2D eigenvalue weighted by Gasteiger charge is 2.27. The summed E-state index contributed by atoms with van der Waals surface area (Å²) < 4.78 is 0. The Balaban J connectivity index is 1.34. The normalized spacial score (nSPS) is 21.7. The van der Waals surface area contributed by atoms with Crippen LogP contribution in [0.2, 0.25) is 0 Å². The average molecular weight is 306 g/mol. The molecule has 0 aromatic carbocycles. The van der Waals surface area contributed by atoms with Crippen molar-refractivity contribution in [1.29, 1.82) is 0 Å². The smallest absolute Gasteiger partial charge is 0.225 e. The maximum atomic E-state index is 11.9. The highest BCUT2D eigenvalue weighted by molar-refractivity contribution is 7.10. The van der Waals surface area contributed by atoms with Crippen molar-refractivity contribution in [3.8, 4) is 0 Å². The molecule has 4 heteroatoms. The van der Waals surface area contributed by atoms with Crippen LogP contribution in [0.25, 0.3) is 0 Å². The monoisotopic (exact) mass is 306 g/mol. The lowest BCUT2D eigenvalue weighted by atomic mass is 9.95. The van der Waals surface area contributed by atoms with Crippen molar-refractivity contribution in [2.45, 2.75) is 51.0 Å². The molecule has 3 nitrogen and oxygen atoms in total. The number of thiophene rings is 1. The minimum Gasteiger partial charge on any atom is -0.356 e. The average Bonchev–Trinajstić information content (AvgIpc) is 3.19. The number of hydrogen-bond donors (Lipinski definition) is 1. The van der Waals surface area contributed by atoms with Crippen molar-refractivity contribution < 1.29 is 4.79 Å². The largest absolute Gasteiger partial charge is 0.356 e. The van der Waals surface area contributed by atoms with Crippen molar-refractivity contribution in [1.82, 2.24) is 10.2 Å². The summed E-state index contributed by atoms with van der Waals surface area (Å²) in [5.74, 6) is 0.852. The molecule has 1 N–H and O–H groups in total. The quantitative estimate of drug-likeness (QED) is 0.907. The molecule has 0 radical (unpaired) electrons. The van der Waals surface area contributed by atoms with E-state index in [1.807, 2.05) is 17.5 Å². The molecule has 1 aromatic rings. The minimum atomic E-state index is 0.177. The van der Waals surface area contributed by atoms with Crippen molar-refractivity contribution in [3.05, 3.63) is 22.4 Å². The van der Waals surface area contributed by atoms with Gasteiger partial charge in [0.1, 0.15) is 0 Å². The zero-order valence-electron chi connectivity index (χ0n) is 12.7. The highest BCUT2D eigenvalue weighted by atomic mass is 32.1. The summed E-state index contributed by atoms with van der Waals surface area (Å²) in [5, 5.41) is 5.15. The highest BCUT2D eigenvalue weighted by Crippen LogP contribution is 2.27. The molecular formula is C17H26N2OS. The SMILES string of the molecule is O=C(Cc1cccs1)NCC1CCN(C2CCCC2)CC1. The summed E-state index contributed by atoms with van der Waals surface area (Å²) in [6.45, 7) is 3.33. The Kier molecular flexibility index (Phi) is 5.31. The standard InChI is InChI=1S/C17H26N2OS/c20-17(12-16-6-3-11-21-16)18-13-14-7-9-19(10-8-14)15-4-1-2-5-15/h3,6,11,14-15H,1-2,4-5,7-10,12-13H2,(H,18,20). The molecule has 1 aliphatic carbocycles. The van der Waals surface area contributed by atoms with Crippen LogP contribution in [0.15, 0.2) is 17.5 Å². The first-order valence-corrected chi connectivity index (χ1v) is 9.22. The Hall–Kier alpha value is -0.870. The van der Waals surface area contributed by atoms with Crippen LogP contribution in [0.4, 0.5) is 0 Å². The first-order valence-electron chi connectivity index (χ1n) is 8.34. The van der Waals surface area contributed by atoms with Crippen molar-refractivity contribution in [3.63, 3.8) is 0 Å². The number of amides is 1. The van der Waals surface area contributed by atoms with Crippen LogP contribution in [0.1, 0.15) is 43.4 Å². The van der Waals surface area contributed by atoms with E-state index in [4.69, 9.17) is 0 Å². The fraction of sp³-hybridized carbons (Fsp3) is 0.706. The molecule has 1 aromatic heterocycles. The van der Waals surface area contributed by atoms with E-state index in [0.717, 1.165) is 17.5 Å². The van der Waals surface area contributed by atoms with E-state index < -0.39 is 0 Å². The van der Waals surface area contributed by atoms with Gasteiger partial charge in [-0.2, -0.15) is 0 Å². The topological polar surface area (TPSA) is 32.3 Å². The molecule has 0 unspecified atom stereocenters. The number of carbonyl (C=O) groups is 1. The lowest BCUT2D eigenvalue weighted by Gasteiger charge is -2.36. The molecule has 1 aliphatic heterocycles. The van der Waals surface area contributed by atoms with Gasteiger partial charge in [0.25, 0.3) is 0 Å². The molecular weight excluding hydrogens is 280 g/mol. The zero-order valence-corrected chi connectivity index (χ0v) is 13.5. The number of hydrogen-bond acceptors (Lipinski definition) is 3. The fourth-order valence-corrected chi connectivity index (χ4v) is 4.39. The molecule has 0 spiro atoms. The van der Waals surface area contributed by atoms with Gasteiger partial charge in [-0.05, 0) is 56.1 Å². The molecule has 3 rings (SSSR count). The van der Waals surface area contributed by atoms with Crippen LogP contribution in [0, 0.1) is 5.92 Å². The number of carbonyl (C=O) groups excluding carboxylic acids is 1. The van der Waals surface area contributed by atoms with Crippen LogP contribution in [-0.4, -0.2) is 36.5 Å². The third kappa shape index (κ3) is 4.30. The minimum absolute atomic E-state index is 0.177. The Labute approximate surface area is 131 Å². The number of nitrogens with one attached hydrogen (secondary N) is 1. The Morgan fingerprint density at radius 1 is 1.24 bits per heavy atom. The van der Waals surface area contributed by atoms with Crippen molar-refractivity contribution >= 4 is 17.2 Å². The van der Waals surface area contributed by atoms with Gasteiger partial charge in [-0.25, -0.2) is 0 Å². The molecule has 1 saturated carbocycles. The maximum absolute atomic E-state index is 11.9. The van der Waals surface area contributed by atoms with Gasteiger partial charge in [0.2, 0.25) is 5.91 Å². The van der Waals surface area contributed by atoms with E-state index in [9.17, 15) is 4.79 Å². The molecule has 1 amide bonds. The third-order valence-corrected chi connectivity index (χ3v) is 5.87. The van der Waals surface area contributed by atoms with Gasteiger partial charge in [-0.15, -0.1) is 11.3 Å². The van der Waals surface area contributed by atoms with E-state index in [2.05, 4.69) is 10.2 Å². The first-order chi connectivity index (χ1) is 10.3. The molecule has 2 heterocycles. The second-order valence-electron chi connectivity index (χ2n) is 6.48. The van der Waals surface area contributed by atoms with Crippen LogP contribution in [0.5, 0.6) is 0 Å². The van der Waals surface area contributed by atoms with Crippen LogP contribution in [-0.2, 0) is 11.2 Å². The van der Waals surface area contributed by atoms with E-state index in [-0.39, 0.29) is 5.91 Å². The Bertz CT molecular complexity index is 432.